The molecule has 0 aliphatic heterocycles. The van der Waals surface area contributed by atoms with Gasteiger partial charge in [0.2, 0.25) is 0 Å². The van der Waals surface area contributed by atoms with E-state index in [-0.39, 0.29) is 6.61 Å². The second-order valence-electron chi connectivity index (χ2n) is 3.67. The number of ether oxygens (including phenoxy) is 1. The van der Waals surface area contributed by atoms with E-state index in [0.29, 0.717) is 26.5 Å². The number of nitrogen functional groups attached to an aromatic ring is 1. The molecule has 94 valence electrons. The molecular weight excluding hydrogens is 293 g/mol. The van der Waals surface area contributed by atoms with E-state index in [9.17, 15) is 0 Å². The summed E-state index contributed by atoms with van der Waals surface area (Å²) in [6.45, 7) is 0.281. The van der Waals surface area contributed by atoms with Crippen LogP contribution in [0.25, 0.3) is 0 Å². The largest absolute Gasteiger partial charge is 0.489 e. The molecule has 5 heteroatoms. The third kappa shape index (κ3) is 3.02. The van der Waals surface area contributed by atoms with Crippen molar-refractivity contribution in [2.75, 3.05) is 5.73 Å². The van der Waals surface area contributed by atoms with Crippen molar-refractivity contribution in [2.45, 2.75) is 6.61 Å². The standard InChI is InChI=1S/C13H10Cl3NO/c14-10-2-1-3-13(17)9(10)7-18-8-4-5-11(15)12(16)6-8/h1-6H,7,17H2. The summed E-state index contributed by atoms with van der Waals surface area (Å²) in [5, 5.41) is 1.51. The van der Waals surface area contributed by atoms with Crippen LogP contribution in [0.15, 0.2) is 36.4 Å². The lowest BCUT2D eigenvalue weighted by atomic mass is 10.2. The molecule has 0 aromatic heterocycles. The van der Waals surface area contributed by atoms with Gasteiger partial charge in [0.05, 0.1) is 10.0 Å². The first-order valence-corrected chi connectivity index (χ1v) is 6.32. The fraction of sp³-hybridized carbons (Fsp3) is 0.0769. The first-order chi connectivity index (χ1) is 8.58. The predicted octanol–water partition coefficient (Wildman–Crippen LogP) is 4.81. The summed E-state index contributed by atoms with van der Waals surface area (Å²) in [6.07, 6.45) is 0. The van der Waals surface area contributed by atoms with Crippen LogP contribution in [0.1, 0.15) is 5.56 Å². The molecule has 0 fully saturated rings. The summed E-state index contributed by atoms with van der Waals surface area (Å²) < 4.78 is 5.58. The van der Waals surface area contributed by atoms with Crippen molar-refractivity contribution in [3.8, 4) is 5.75 Å². The zero-order valence-electron chi connectivity index (χ0n) is 9.29. The van der Waals surface area contributed by atoms with Crippen LogP contribution in [0.2, 0.25) is 15.1 Å². The first-order valence-electron chi connectivity index (χ1n) is 5.18. The SMILES string of the molecule is Nc1cccc(Cl)c1COc1ccc(Cl)c(Cl)c1. The van der Waals surface area contributed by atoms with Gasteiger partial charge in [0, 0.05) is 22.3 Å². The van der Waals surface area contributed by atoms with Gasteiger partial charge in [-0.1, -0.05) is 40.9 Å². The topological polar surface area (TPSA) is 35.2 Å². The van der Waals surface area contributed by atoms with E-state index in [1.807, 2.05) is 0 Å². The monoisotopic (exact) mass is 301 g/mol. The summed E-state index contributed by atoms with van der Waals surface area (Å²) in [5.74, 6) is 0.615. The zero-order valence-corrected chi connectivity index (χ0v) is 11.6. The lowest BCUT2D eigenvalue weighted by molar-refractivity contribution is 0.307. The molecule has 2 aromatic carbocycles. The highest BCUT2D eigenvalue weighted by atomic mass is 35.5. The normalized spacial score (nSPS) is 10.4. The van der Waals surface area contributed by atoms with Crippen molar-refractivity contribution < 1.29 is 4.74 Å². The second-order valence-corrected chi connectivity index (χ2v) is 4.89. The Balaban J connectivity index is 2.14. The van der Waals surface area contributed by atoms with E-state index in [1.54, 1.807) is 36.4 Å². The third-order valence-corrected chi connectivity index (χ3v) is 3.52. The maximum atomic E-state index is 6.05. The quantitative estimate of drug-likeness (QED) is 0.826. The van der Waals surface area contributed by atoms with Gasteiger partial charge in [-0.2, -0.15) is 0 Å². The van der Waals surface area contributed by atoms with Crippen molar-refractivity contribution in [2.24, 2.45) is 0 Å². The molecule has 0 bridgehead atoms. The number of hydrogen-bond acceptors (Lipinski definition) is 2. The van der Waals surface area contributed by atoms with Gasteiger partial charge in [-0.3, -0.25) is 0 Å². The molecule has 2 N–H and O–H groups in total. The Labute approximate surface area is 120 Å². The summed E-state index contributed by atoms with van der Waals surface area (Å²) in [5.41, 5.74) is 7.18. The summed E-state index contributed by atoms with van der Waals surface area (Å²) >= 11 is 17.8. The summed E-state index contributed by atoms with van der Waals surface area (Å²) in [4.78, 5) is 0. The van der Waals surface area contributed by atoms with Gasteiger partial charge >= 0.3 is 0 Å². The molecular formula is C13H10Cl3NO. The fourth-order valence-corrected chi connectivity index (χ4v) is 1.97. The van der Waals surface area contributed by atoms with Gasteiger partial charge in [0.1, 0.15) is 12.4 Å². The van der Waals surface area contributed by atoms with Gasteiger partial charge < -0.3 is 10.5 Å². The molecule has 0 atom stereocenters. The fourth-order valence-electron chi connectivity index (χ4n) is 1.45. The Hall–Kier alpha value is -1.09. The van der Waals surface area contributed by atoms with Crippen LogP contribution in [0.4, 0.5) is 5.69 Å². The van der Waals surface area contributed by atoms with Gasteiger partial charge in [-0.05, 0) is 24.3 Å². The van der Waals surface area contributed by atoms with Crippen LogP contribution in [-0.2, 0) is 6.61 Å². The van der Waals surface area contributed by atoms with Crippen molar-refractivity contribution in [1.82, 2.24) is 0 Å². The molecule has 0 heterocycles. The molecule has 0 aliphatic rings. The third-order valence-electron chi connectivity index (χ3n) is 2.43. The molecule has 0 amide bonds. The Morgan fingerprint density at radius 2 is 1.72 bits per heavy atom. The maximum absolute atomic E-state index is 6.05. The molecule has 2 nitrogen and oxygen atoms in total. The smallest absolute Gasteiger partial charge is 0.121 e. The van der Waals surface area contributed by atoms with Crippen molar-refractivity contribution >= 4 is 40.5 Å². The molecule has 0 saturated carbocycles. The van der Waals surface area contributed by atoms with Gasteiger partial charge in [0.15, 0.2) is 0 Å². The lowest BCUT2D eigenvalue weighted by Crippen LogP contribution is -2.01. The summed E-state index contributed by atoms with van der Waals surface area (Å²) in [7, 11) is 0. The Kier molecular flexibility index (Phi) is 4.23. The number of benzene rings is 2. The molecule has 0 unspecified atom stereocenters. The highest BCUT2D eigenvalue weighted by Crippen LogP contribution is 2.28. The van der Waals surface area contributed by atoms with E-state index in [4.69, 9.17) is 45.3 Å². The number of anilines is 1. The van der Waals surface area contributed by atoms with E-state index in [2.05, 4.69) is 0 Å². The molecule has 2 aromatic rings. The molecule has 0 saturated heterocycles. The van der Waals surface area contributed by atoms with Crippen LogP contribution in [0.5, 0.6) is 5.75 Å². The number of rotatable bonds is 3. The van der Waals surface area contributed by atoms with Crippen molar-refractivity contribution in [1.29, 1.82) is 0 Å². The molecule has 0 spiro atoms. The number of halogens is 3. The minimum absolute atomic E-state index is 0.281. The van der Waals surface area contributed by atoms with E-state index in [0.717, 1.165) is 5.56 Å². The average molecular weight is 303 g/mol. The highest BCUT2D eigenvalue weighted by Gasteiger charge is 2.06. The lowest BCUT2D eigenvalue weighted by Gasteiger charge is -2.10. The minimum atomic E-state index is 0.281. The first kappa shape index (κ1) is 13.3. The second kappa shape index (κ2) is 5.70. The van der Waals surface area contributed by atoms with E-state index < -0.39 is 0 Å². The van der Waals surface area contributed by atoms with Crippen LogP contribution >= 0.6 is 34.8 Å². The van der Waals surface area contributed by atoms with Crippen LogP contribution in [0, 0.1) is 0 Å². The zero-order chi connectivity index (χ0) is 13.1. The van der Waals surface area contributed by atoms with E-state index in [1.165, 1.54) is 0 Å². The highest BCUT2D eigenvalue weighted by molar-refractivity contribution is 6.42. The Bertz CT molecular complexity index is 552. The Morgan fingerprint density at radius 3 is 2.39 bits per heavy atom. The summed E-state index contributed by atoms with van der Waals surface area (Å²) in [6, 6.07) is 10.4. The number of hydrogen-bond donors (Lipinski definition) is 1. The van der Waals surface area contributed by atoms with E-state index >= 15 is 0 Å². The maximum Gasteiger partial charge on any atom is 0.121 e. The van der Waals surface area contributed by atoms with Crippen LogP contribution in [-0.4, -0.2) is 0 Å². The predicted molar refractivity (Wildman–Crippen MR) is 76.7 cm³/mol. The van der Waals surface area contributed by atoms with Gasteiger partial charge in [-0.15, -0.1) is 0 Å². The molecule has 0 radical (unpaired) electrons. The van der Waals surface area contributed by atoms with Crippen LogP contribution < -0.4 is 10.5 Å². The van der Waals surface area contributed by atoms with Crippen molar-refractivity contribution in [3.63, 3.8) is 0 Å². The molecule has 18 heavy (non-hydrogen) atoms. The Morgan fingerprint density at radius 1 is 0.944 bits per heavy atom. The van der Waals surface area contributed by atoms with Gasteiger partial charge in [-0.25, -0.2) is 0 Å². The molecule has 2 rings (SSSR count). The average Bonchev–Trinajstić information content (AvgIpc) is 2.33. The van der Waals surface area contributed by atoms with Crippen molar-refractivity contribution in [3.05, 3.63) is 57.0 Å². The van der Waals surface area contributed by atoms with Gasteiger partial charge in [0.25, 0.3) is 0 Å². The number of nitrogens with two attached hydrogens (primary N) is 1. The molecule has 0 aliphatic carbocycles. The minimum Gasteiger partial charge on any atom is -0.489 e. The van der Waals surface area contributed by atoms with Crippen LogP contribution in [0.3, 0.4) is 0 Å².